The predicted molar refractivity (Wildman–Crippen MR) is 100.0 cm³/mol. The summed E-state index contributed by atoms with van der Waals surface area (Å²) in [7, 11) is 1.62. The summed E-state index contributed by atoms with van der Waals surface area (Å²) in [5, 5.41) is 5.44. The van der Waals surface area contributed by atoms with E-state index in [-0.39, 0.29) is 30.1 Å². The minimum atomic E-state index is -0.355. The second-order valence-electron chi connectivity index (χ2n) is 5.92. The maximum Gasteiger partial charge on any atom is 0.321 e. The van der Waals surface area contributed by atoms with Gasteiger partial charge in [0.1, 0.15) is 5.82 Å². The first-order chi connectivity index (χ1) is 13.0. The van der Waals surface area contributed by atoms with Gasteiger partial charge in [-0.05, 0) is 54.1 Å². The molecule has 0 aliphatic carbocycles. The van der Waals surface area contributed by atoms with Crippen molar-refractivity contribution < 1.29 is 18.4 Å². The topological polar surface area (TPSA) is 74.6 Å². The zero-order valence-electron chi connectivity index (χ0n) is 14.6. The summed E-state index contributed by atoms with van der Waals surface area (Å²) in [4.78, 5) is 25.6. The van der Waals surface area contributed by atoms with Crippen molar-refractivity contribution in [1.82, 2.24) is 4.90 Å². The first kappa shape index (κ1) is 18.2. The van der Waals surface area contributed by atoms with E-state index in [9.17, 15) is 14.0 Å². The molecule has 3 aromatic rings. The van der Waals surface area contributed by atoms with Crippen LogP contribution < -0.4 is 10.6 Å². The van der Waals surface area contributed by atoms with Crippen LogP contribution in [0, 0.1) is 5.82 Å². The Hall–Kier alpha value is -3.61. The lowest BCUT2D eigenvalue weighted by molar-refractivity contribution is 0.0996. The summed E-state index contributed by atoms with van der Waals surface area (Å²) in [5.41, 5.74) is 1.84. The van der Waals surface area contributed by atoms with Crippen molar-refractivity contribution in [3.05, 3.63) is 84.1 Å². The predicted octanol–water partition coefficient (Wildman–Crippen LogP) is 4.33. The monoisotopic (exact) mass is 367 g/mol. The van der Waals surface area contributed by atoms with E-state index in [4.69, 9.17) is 4.42 Å². The summed E-state index contributed by atoms with van der Waals surface area (Å²) >= 11 is 0. The van der Waals surface area contributed by atoms with E-state index in [1.165, 1.54) is 23.3 Å². The van der Waals surface area contributed by atoms with Gasteiger partial charge in [-0.25, -0.2) is 9.18 Å². The molecule has 0 unspecified atom stereocenters. The fraction of sp³-hybridized carbons (Fsp3) is 0.100. The van der Waals surface area contributed by atoms with Gasteiger partial charge in [0.25, 0.3) is 5.91 Å². The first-order valence-corrected chi connectivity index (χ1v) is 8.23. The molecule has 0 aliphatic rings. The van der Waals surface area contributed by atoms with Gasteiger partial charge >= 0.3 is 6.03 Å². The summed E-state index contributed by atoms with van der Waals surface area (Å²) < 4.78 is 18.3. The average molecular weight is 367 g/mol. The van der Waals surface area contributed by atoms with Crippen LogP contribution in [0.5, 0.6) is 0 Å². The fourth-order valence-corrected chi connectivity index (χ4v) is 2.44. The van der Waals surface area contributed by atoms with Gasteiger partial charge in [0.05, 0.1) is 6.26 Å². The lowest BCUT2D eigenvalue weighted by Crippen LogP contribution is -2.30. The number of anilines is 2. The van der Waals surface area contributed by atoms with Crippen molar-refractivity contribution in [3.8, 4) is 0 Å². The van der Waals surface area contributed by atoms with Crippen LogP contribution in [-0.4, -0.2) is 23.9 Å². The Kier molecular flexibility index (Phi) is 5.51. The molecule has 6 nitrogen and oxygen atoms in total. The molecular weight excluding hydrogens is 349 g/mol. The van der Waals surface area contributed by atoms with Gasteiger partial charge in [-0.3, -0.25) is 4.79 Å². The first-order valence-electron chi connectivity index (χ1n) is 8.23. The lowest BCUT2D eigenvalue weighted by atomic mass is 10.2. The molecule has 0 fully saturated rings. The van der Waals surface area contributed by atoms with E-state index in [2.05, 4.69) is 10.6 Å². The molecule has 138 valence electrons. The molecule has 2 aromatic carbocycles. The van der Waals surface area contributed by atoms with Crippen molar-refractivity contribution in [3.63, 3.8) is 0 Å². The van der Waals surface area contributed by atoms with E-state index in [1.54, 1.807) is 55.6 Å². The van der Waals surface area contributed by atoms with Gasteiger partial charge in [0.2, 0.25) is 0 Å². The van der Waals surface area contributed by atoms with Gasteiger partial charge in [-0.2, -0.15) is 0 Å². The summed E-state index contributed by atoms with van der Waals surface area (Å²) in [5.74, 6) is -0.480. The third-order valence-electron chi connectivity index (χ3n) is 3.79. The number of rotatable bonds is 5. The summed E-state index contributed by atoms with van der Waals surface area (Å²) in [6.45, 7) is 0.279. The molecule has 0 radical (unpaired) electrons. The van der Waals surface area contributed by atoms with E-state index < -0.39 is 0 Å². The van der Waals surface area contributed by atoms with E-state index in [1.807, 2.05) is 0 Å². The molecule has 1 heterocycles. The van der Waals surface area contributed by atoms with E-state index >= 15 is 0 Å². The van der Waals surface area contributed by atoms with Gasteiger partial charge in [-0.15, -0.1) is 0 Å². The number of benzene rings is 2. The number of nitrogens with one attached hydrogen (secondary N) is 2. The van der Waals surface area contributed by atoms with Crippen LogP contribution in [0.15, 0.2) is 71.3 Å². The Balaban J connectivity index is 1.55. The van der Waals surface area contributed by atoms with Crippen molar-refractivity contribution in [2.75, 3.05) is 17.7 Å². The molecule has 7 heteroatoms. The minimum absolute atomic E-state index is 0.214. The van der Waals surface area contributed by atoms with Crippen LogP contribution >= 0.6 is 0 Å². The van der Waals surface area contributed by atoms with Crippen molar-refractivity contribution in [1.29, 1.82) is 0 Å². The normalized spacial score (nSPS) is 10.3. The molecule has 0 atom stereocenters. The molecule has 27 heavy (non-hydrogen) atoms. The Labute approximate surface area is 155 Å². The molecule has 0 aliphatic heterocycles. The molecular formula is C20H18FN3O3. The van der Waals surface area contributed by atoms with Crippen molar-refractivity contribution in [2.24, 2.45) is 0 Å². The number of carbonyl (C=O) groups is 2. The standard InChI is InChI=1S/C20H18FN3O3/c1-24(13-14-4-2-5-15(21)12-14)20(26)23-17-9-7-16(8-10-17)22-19(25)18-6-3-11-27-18/h2-12H,13H2,1H3,(H,22,25)(H,23,26). The van der Waals surface area contributed by atoms with Gasteiger partial charge < -0.3 is 20.0 Å². The second-order valence-corrected chi connectivity index (χ2v) is 5.92. The second kappa shape index (κ2) is 8.18. The quantitative estimate of drug-likeness (QED) is 0.705. The lowest BCUT2D eigenvalue weighted by Gasteiger charge is -2.18. The number of carbonyl (C=O) groups excluding carboxylic acids is 2. The highest BCUT2D eigenvalue weighted by atomic mass is 19.1. The van der Waals surface area contributed by atoms with Crippen LogP contribution in [0.4, 0.5) is 20.6 Å². The third kappa shape index (κ3) is 4.94. The zero-order valence-corrected chi connectivity index (χ0v) is 14.6. The Morgan fingerprint density at radius 1 is 1.00 bits per heavy atom. The maximum absolute atomic E-state index is 13.2. The number of amides is 3. The maximum atomic E-state index is 13.2. The highest BCUT2D eigenvalue weighted by molar-refractivity contribution is 6.02. The van der Waals surface area contributed by atoms with Crippen LogP contribution in [0.3, 0.4) is 0 Å². The summed E-state index contributed by atoms with van der Waals surface area (Å²) in [6.07, 6.45) is 1.42. The number of hydrogen-bond donors (Lipinski definition) is 2. The van der Waals surface area contributed by atoms with Crippen LogP contribution in [0.2, 0.25) is 0 Å². The molecule has 0 saturated heterocycles. The van der Waals surface area contributed by atoms with E-state index in [0.29, 0.717) is 16.9 Å². The van der Waals surface area contributed by atoms with Crippen LogP contribution in [0.25, 0.3) is 0 Å². The third-order valence-corrected chi connectivity index (χ3v) is 3.79. The highest BCUT2D eigenvalue weighted by Crippen LogP contribution is 2.16. The molecule has 0 bridgehead atoms. The van der Waals surface area contributed by atoms with Crippen molar-refractivity contribution in [2.45, 2.75) is 6.54 Å². The number of halogens is 1. The molecule has 3 amide bonds. The molecule has 0 saturated carbocycles. The molecule has 2 N–H and O–H groups in total. The average Bonchev–Trinajstić information content (AvgIpc) is 3.18. The Morgan fingerprint density at radius 2 is 1.70 bits per heavy atom. The summed E-state index contributed by atoms with van der Waals surface area (Å²) in [6, 6.07) is 15.7. The number of furan rings is 1. The number of hydrogen-bond acceptors (Lipinski definition) is 3. The Bertz CT molecular complexity index is 924. The van der Waals surface area contributed by atoms with Crippen LogP contribution in [0.1, 0.15) is 16.1 Å². The number of urea groups is 1. The Morgan fingerprint density at radius 3 is 2.33 bits per heavy atom. The molecule has 0 spiro atoms. The zero-order chi connectivity index (χ0) is 19.2. The van der Waals surface area contributed by atoms with Gasteiger partial charge in [-0.1, -0.05) is 12.1 Å². The smallest absolute Gasteiger partial charge is 0.321 e. The number of nitrogens with zero attached hydrogens (tertiary/aromatic N) is 1. The molecule has 1 aromatic heterocycles. The van der Waals surface area contributed by atoms with Gasteiger partial charge in [0, 0.05) is 25.0 Å². The fourth-order valence-electron chi connectivity index (χ4n) is 2.44. The highest BCUT2D eigenvalue weighted by Gasteiger charge is 2.11. The minimum Gasteiger partial charge on any atom is -0.459 e. The molecule has 3 rings (SSSR count). The van der Waals surface area contributed by atoms with Crippen molar-refractivity contribution >= 4 is 23.3 Å². The largest absolute Gasteiger partial charge is 0.459 e. The van der Waals surface area contributed by atoms with Crippen LogP contribution in [-0.2, 0) is 6.54 Å². The van der Waals surface area contributed by atoms with E-state index in [0.717, 1.165) is 0 Å². The SMILES string of the molecule is CN(Cc1cccc(F)c1)C(=O)Nc1ccc(NC(=O)c2ccco2)cc1. The van der Waals surface area contributed by atoms with Gasteiger partial charge in [0.15, 0.2) is 5.76 Å².